The van der Waals surface area contributed by atoms with Gasteiger partial charge in [0.05, 0.1) is 5.41 Å². The summed E-state index contributed by atoms with van der Waals surface area (Å²) in [6.45, 7) is 11.6. The van der Waals surface area contributed by atoms with Gasteiger partial charge < -0.3 is 20.3 Å². The van der Waals surface area contributed by atoms with Crippen LogP contribution in [-0.2, 0) is 4.79 Å². The Morgan fingerprint density at radius 2 is 1.88 bits per heavy atom. The molecule has 25 heavy (non-hydrogen) atoms. The predicted molar refractivity (Wildman–Crippen MR) is 102 cm³/mol. The van der Waals surface area contributed by atoms with Crippen molar-refractivity contribution < 1.29 is 14.8 Å². The van der Waals surface area contributed by atoms with Crippen LogP contribution in [0.5, 0.6) is 0 Å². The van der Waals surface area contributed by atoms with Crippen molar-refractivity contribution in [2.24, 2.45) is 17.3 Å². The second-order valence-corrected chi connectivity index (χ2v) is 9.53. The van der Waals surface area contributed by atoms with Gasteiger partial charge >= 0.3 is 7.12 Å². The summed E-state index contributed by atoms with van der Waals surface area (Å²) in [4.78, 5) is 15.7. The second-order valence-electron chi connectivity index (χ2n) is 9.53. The van der Waals surface area contributed by atoms with Gasteiger partial charge in [0.2, 0.25) is 5.91 Å². The molecular formula is C19H37BN2O3. The van der Waals surface area contributed by atoms with Crippen LogP contribution in [0, 0.1) is 17.3 Å². The van der Waals surface area contributed by atoms with Crippen LogP contribution in [0.4, 0.5) is 0 Å². The van der Waals surface area contributed by atoms with E-state index in [2.05, 4.69) is 17.1 Å². The van der Waals surface area contributed by atoms with Gasteiger partial charge in [-0.3, -0.25) is 4.79 Å². The molecule has 0 aromatic rings. The lowest BCUT2D eigenvalue weighted by molar-refractivity contribution is -0.139. The third-order valence-electron chi connectivity index (χ3n) is 6.05. The van der Waals surface area contributed by atoms with E-state index in [-0.39, 0.29) is 16.9 Å². The summed E-state index contributed by atoms with van der Waals surface area (Å²) < 4.78 is 0. The maximum absolute atomic E-state index is 13.2. The Labute approximate surface area is 153 Å². The highest BCUT2D eigenvalue weighted by molar-refractivity contribution is 6.40. The van der Waals surface area contributed by atoms with Crippen LogP contribution >= 0.6 is 0 Å². The quantitative estimate of drug-likeness (QED) is 0.642. The number of rotatable bonds is 6. The van der Waals surface area contributed by atoms with E-state index in [9.17, 15) is 14.8 Å². The Hall–Kier alpha value is -0.585. The lowest BCUT2D eigenvalue weighted by Crippen LogP contribution is -2.54. The van der Waals surface area contributed by atoms with Crippen molar-refractivity contribution >= 4 is 13.0 Å². The summed E-state index contributed by atoms with van der Waals surface area (Å²) in [6, 6.07) is 0. The Morgan fingerprint density at radius 1 is 1.24 bits per heavy atom. The van der Waals surface area contributed by atoms with Crippen LogP contribution in [0.15, 0.2) is 0 Å². The summed E-state index contributed by atoms with van der Waals surface area (Å²) in [5.41, 5.74) is -0.605. The molecule has 3 N–H and O–H groups in total. The highest BCUT2D eigenvalue weighted by Gasteiger charge is 2.47. The SMILES string of the molecule is CC(C)(C)NC(=O)[C@@]1(C)C[C@H](CCB(O)O)CC[C@H]1CN1CCCC1. The molecule has 2 rings (SSSR count). The van der Waals surface area contributed by atoms with Gasteiger partial charge in [0.25, 0.3) is 0 Å². The van der Waals surface area contributed by atoms with Crippen LogP contribution in [0.1, 0.15) is 66.2 Å². The van der Waals surface area contributed by atoms with Crippen molar-refractivity contribution in [3.05, 3.63) is 0 Å². The molecule has 1 aliphatic heterocycles. The van der Waals surface area contributed by atoms with Gasteiger partial charge in [-0.15, -0.1) is 0 Å². The van der Waals surface area contributed by atoms with E-state index in [1.54, 1.807) is 0 Å². The zero-order valence-electron chi connectivity index (χ0n) is 16.6. The van der Waals surface area contributed by atoms with Crippen molar-refractivity contribution in [1.82, 2.24) is 10.2 Å². The molecule has 6 heteroatoms. The number of amides is 1. The number of nitrogens with zero attached hydrogens (tertiary/aromatic N) is 1. The van der Waals surface area contributed by atoms with E-state index in [0.29, 0.717) is 18.2 Å². The van der Waals surface area contributed by atoms with Crippen molar-refractivity contribution in [2.75, 3.05) is 19.6 Å². The number of carbonyl (C=O) groups is 1. The third-order valence-corrected chi connectivity index (χ3v) is 6.05. The van der Waals surface area contributed by atoms with Crippen LogP contribution in [0.2, 0.25) is 6.32 Å². The van der Waals surface area contributed by atoms with E-state index < -0.39 is 7.12 Å². The van der Waals surface area contributed by atoms with Crippen molar-refractivity contribution in [3.63, 3.8) is 0 Å². The summed E-state index contributed by atoms with van der Waals surface area (Å²) in [5.74, 6) is 0.939. The van der Waals surface area contributed by atoms with Crippen LogP contribution in [0.3, 0.4) is 0 Å². The van der Waals surface area contributed by atoms with Gasteiger partial charge in [0, 0.05) is 12.1 Å². The Kier molecular flexibility index (Phi) is 6.97. The lowest BCUT2D eigenvalue weighted by atomic mass is 9.61. The minimum Gasteiger partial charge on any atom is -0.427 e. The first-order chi connectivity index (χ1) is 11.6. The van der Waals surface area contributed by atoms with Crippen LogP contribution in [0.25, 0.3) is 0 Å². The summed E-state index contributed by atoms with van der Waals surface area (Å²) in [7, 11) is -1.24. The zero-order chi connectivity index (χ0) is 18.7. The molecule has 0 spiro atoms. The molecule has 1 saturated heterocycles. The largest absolute Gasteiger partial charge is 0.451 e. The fourth-order valence-corrected chi connectivity index (χ4v) is 4.59. The smallest absolute Gasteiger partial charge is 0.427 e. The Balaban J connectivity index is 2.09. The molecule has 0 aromatic carbocycles. The molecule has 0 unspecified atom stereocenters. The van der Waals surface area contributed by atoms with Gasteiger partial charge in [-0.25, -0.2) is 0 Å². The van der Waals surface area contributed by atoms with E-state index in [0.717, 1.165) is 45.3 Å². The van der Waals surface area contributed by atoms with Gasteiger partial charge in [-0.05, 0) is 77.7 Å². The monoisotopic (exact) mass is 352 g/mol. The molecule has 0 radical (unpaired) electrons. The van der Waals surface area contributed by atoms with E-state index in [1.807, 2.05) is 20.8 Å². The van der Waals surface area contributed by atoms with Crippen LogP contribution in [-0.4, -0.2) is 53.1 Å². The molecule has 1 aliphatic carbocycles. The van der Waals surface area contributed by atoms with Crippen molar-refractivity contribution in [2.45, 2.75) is 78.1 Å². The van der Waals surface area contributed by atoms with Crippen molar-refractivity contribution in [3.8, 4) is 0 Å². The highest BCUT2D eigenvalue weighted by atomic mass is 16.4. The summed E-state index contributed by atoms with van der Waals surface area (Å²) in [5, 5.41) is 21.6. The molecule has 5 nitrogen and oxygen atoms in total. The Morgan fingerprint density at radius 3 is 2.44 bits per heavy atom. The molecule has 1 saturated carbocycles. The average Bonchev–Trinajstić information content (AvgIpc) is 2.99. The number of likely N-dealkylation sites (tertiary alicyclic amines) is 1. The lowest BCUT2D eigenvalue weighted by Gasteiger charge is -2.46. The molecular weight excluding hydrogens is 315 g/mol. The third kappa shape index (κ3) is 5.97. The first-order valence-electron chi connectivity index (χ1n) is 10.0. The Bertz CT molecular complexity index is 446. The van der Waals surface area contributed by atoms with E-state index in [4.69, 9.17) is 0 Å². The predicted octanol–water partition coefficient (Wildman–Crippen LogP) is 2.28. The first-order valence-corrected chi connectivity index (χ1v) is 10.0. The number of hydrogen-bond donors (Lipinski definition) is 3. The molecule has 0 aromatic heterocycles. The molecule has 1 amide bonds. The summed E-state index contributed by atoms with van der Waals surface area (Å²) in [6.07, 6.45) is 6.72. The molecule has 0 bridgehead atoms. The minimum atomic E-state index is -1.24. The maximum atomic E-state index is 13.2. The fourth-order valence-electron chi connectivity index (χ4n) is 4.59. The van der Waals surface area contributed by atoms with E-state index >= 15 is 0 Å². The van der Waals surface area contributed by atoms with Gasteiger partial charge in [0.15, 0.2) is 0 Å². The standard InChI is InChI=1S/C19H37BN2O3/c1-18(2,3)21-17(23)19(4)13-15(9-10-20(24)25)7-8-16(19)14-22-11-5-6-12-22/h15-16,24-25H,5-14H2,1-4H3,(H,21,23)/t15-,16-,19-/m0/s1. The highest BCUT2D eigenvalue weighted by Crippen LogP contribution is 2.46. The van der Waals surface area contributed by atoms with Gasteiger partial charge in [0.1, 0.15) is 0 Å². The number of carbonyl (C=O) groups excluding carboxylic acids is 1. The average molecular weight is 352 g/mol. The molecule has 2 aliphatic rings. The normalized spacial score (nSPS) is 31.1. The van der Waals surface area contributed by atoms with E-state index in [1.165, 1.54) is 12.8 Å². The first kappa shape index (κ1) is 20.7. The number of nitrogens with one attached hydrogen (secondary N) is 1. The second kappa shape index (κ2) is 8.40. The maximum Gasteiger partial charge on any atom is 0.451 e. The molecule has 2 fully saturated rings. The summed E-state index contributed by atoms with van der Waals surface area (Å²) >= 11 is 0. The van der Waals surface area contributed by atoms with Gasteiger partial charge in [-0.2, -0.15) is 0 Å². The molecule has 3 atom stereocenters. The molecule has 144 valence electrons. The number of hydrogen-bond acceptors (Lipinski definition) is 4. The fraction of sp³-hybridized carbons (Fsp3) is 0.947. The molecule has 1 heterocycles. The zero-order valence-corrected chi connectivity index (χ0v) is 16.6. The minimum absolute atomic E-state index is 0.165. The van der Waals surface area contributed by atoms with Crippen LogP contribution < -0.4 is 5.32 Å². The van der Waals surface area contributed by atoms with Gasteiger partial charge in [-0.1, -0.05) is 19.8 Å². The topological polar surface area (TPSA) is 72.8 Å². The van der Waals surface area contributed by atoms with Crippen molar-refractivity contribution in [1.29, 1.82) is 0 Å².